The Morgan fingerprint density at radius 3 is 3.06 bits per heavy atom. The molecule has 6 heteroatoms. The third kappa shape index (κ3) is 4.58. The molecule has 2 N–H and O–H groups in total. The Kier molecular flexibility index (Phi) is 5.72. The summed E-state index contributed by atoms with van der Waals surface area (Å²) < 4.78 is 4.84. The Morgan fingerprint density at radius 2 is 2.41 bits per heavy atom. The van der Waals surface area contributed by atoms with Crippen molar-refractivity contribution in [3.8, 4) is 0 Å². The molecule has 1 aromatic rings. The molecule has 1 unspecified atom stereocenters. The first-order valence-electron chi connectivity index (χ1n) is 5.28. The summed E-state index contributed by atoms with van der Waals surface area (Å²) in [5, 5.41) is 6.24. The van der Waals surface area contributed by atoms with Crippen molar-refractivity contribution in [1.82, 2.24) is 10.3 Å². The van der Waals surface area contributed by atoms with Gasteiger partial charge in [-0.05, 0) is 13.0 Å². The number of hydrogen-bond donors (Lipinski definition) is 2. The van der Waals surface area contributed by atoms with Crippen LogP contribution < -0.4 is 10.6 Å². The molecule has 0 aliphatic heterocycles. The van der Waals surface area contributed by atoms with Gasteiger partial charge in [-0.2, -0.15) is 0 Å². The molecule has 0 aromatic carbocycles. The van der Waals surface area contributed by atoms with E-state index in [0.29, 0.717) is 23.9 Å². The quantitative estimate of drug-likeness (QED) is 0.754. The molecule has 1 rings (SSSR count). The molecule has 0 radical (unpaired) electrons. The summed E-state index contributed by atoms with van der Waals surface area (Å²) in [7, 11) is 1.59. The summed E-state index contributed by atoms with van der Waals surface area (Å²) >= 11 is 5.92. The lowest BCUT2D eigenvalue weighted by Gasteiger charge is -2.15. The van der Waals surface area contributed by atoms with Gasteiger partial charge >= 0.3 is 0 Å². The highest BCUT2D eigenvalue weighted by atomic mass is 35.5. The number of nitrogens with one attached hydrogen (secondary N) is 2. The van der Waals surface area contributed by atoms with E-state index >= 15 is 0 Å². The van der Waals surface area contributed by atoms with Crippen LogP contribution in [0.3, 0.4) is 0 Å². The Morgan fingerprint density at radius 1 is 1.65 bits per heavy atom. The van der Waals surface area contributed by atoms with E-state index in [9.17, 15) is 4.79 Å². The summed E-state index contributed by atoms with van der Waals surface area (Å²) in [5.74, 6) is -0.102. The Bertz CT molecular complexity index is 373. The molecule has 0 aliphatic carbocycles. The first-order chi connectivity index (χ1) is 8.15. The minimum Gasteiger partial charge on any atom is -0.383 e. The number of ether oxygens (including phenoxy) is 1. The number of carbonyl (C=O) groups excluding carboxylic acids is 1. The Balaban J connectivity index is 2.46. The fraction of sp³-hybridized carbons (Fsp3) is 0.455. The summed E-state index contributed by atoms with van der Waals surface area (Å²) in [6.07, 6.45) is 3.14. The number of hydrogen-bond acceptors (Lipinski definition) is 4. The Labute approximate surface area is 106 Å². The zero-order valence-electron chi connectivity index (χ0n) is 9.87. The van der Waals surface area contributed by atoms with Crippen LogP contribution in [0, 0.1) is 0 Å². The summed E-state index contributed by atoms with van der Waals surface area (Å²) in [6, 6.07) is 1.35. The van der Waals surface area contributed by atoms with Crippen molar-refractivity contribution < 1.29 is 9.53 Å². The van der Waals surface area contributed by atoms with E-state index < -0.39 is 0 Å². The molecule has 94 valence electrons. The van der Waals surface area contributed by atoms with Crippen LogP contribution in [0.15, 0.2) is 18.5 Å². The first kappa shape index (κ1) is 13.7. The van der Waals surface area contributed by atoms with Gasteiger partial charge < -0.3 is 15.4 Å². The predicted octanol–water partition coefficient (Wildman–Crippen LogP) is 1.30. The van der Waals surface area contributed by atoms with Gasteiger partial charge in [-0.25, -0.2) is 0 Å². The van der Waals surface area contributed by atoms with Gasteiger partial charge in [0.05, 0.1) is 17.3 Å². The minimum atomic E-state index is -0.369. The van der Waals surface area contributed by atoms with Gasteiger partial charge in [0.2, 0.25) is 5.91 Å². The third-order valence-corrected chi connectivity index (χ3v) is 2.44. The second-order valence-corrected chi connectivity index (χ2v) is 3.91. The van der Waals surface area contributed by atoms with Gasteiger partial charge in [0.15, 0.2) is 0 Å². The van der Waals surface area contributed by atoms with Crippen molar-refractivity contribution in [3.63, 3.8) is 0 Å². The van der Waals surface area contributed by atoms with Crippen molar-refractivity contribution >= 4 is 23.2 Å². The van der Waals surface area contributed by atoms with Crippen LogP contribution >= 0.6 is 11.6 Å². The van der Waals surface area contributed by atoms with Crippen LogP contribution in [0.5, 0.6) is 0 Å². The number of rotatable bonds is 6. The molecule has 1 amide bonds. The van der Waals surface area contributed by atoms with Crippen molar-refractivity contribution in [2.75, 3.05) is 25.6 Å². The van der Waals surface area contributed by atoms with Crippen LogP contribution in [0.1, 0.15) is 6.92 Å². The topological polar surface area (TPSA) is 63.2 Å². The van der Waals surface area contributed by atoms with E-state index in [0.717, 1.165) is 0 Å². The smallest absolute Gasteiger partial charge is 0.242 e. The fourth-order valence-corrected chi connectivity index (χ4v) is 1.39. The highest BCUT2D eigenvalue weighted by Crippen LogP contribution is 2.19. The second kappa shape index (κ2) is 7.09. The van der Waals surface area contributed by atoms with Crippen molar-refractivity contribution in [2.45, 2.75) is 13.0 Å². The van der Waals surface area contributed by atoms with Gasteiger partial charge in [-0.1, -0.05) is 11.6 Å². The van der Waals surface area contributed by atoms with E-state index in [1.165, 1.54) is 6.20 Å². The van der Waals surface area contributed by atoms with Crippen LogP contribution in [0.25, 0.3) is 0 Å². The molecule has 1 heterocycles. The maximum absolute atomic E-state index is 11.6. The lowest BCUT2D eigenvalue weighted by atomic mass is 10.3. The highest BCUT2D eigenvalue weighted by molar-refractivity contribution is 6.33. The number of methoxy groups -OCH3 is 1. The number of aromatic nitrogens is 1. The van der Waals surface area contributed by atoms with E-state index in [-0.39, 0.29) is 11.9 Å². The number of amides is 1. The largest absolute Gasteiger partial charge is 0.383 e. The average Bonchev–Trinajstić information content (AvgIpc) is 2.32. The average molecular weight is 258 g/mol. The number of halogens is 1. The molecule has 0 fully saturated rings. The molecule has 1 aromatic heterocycles. The molecule has 0 spiro atoms. The maximum Gasteiger partial charge on any atom is 0.242 e. The van der Waals surface area contributed by atoms with Crippen molar-refractivity contribution in [2.24, 2.45) is 0 Å². The van der Waals surface area contributed by atoms with Gasteiger partial charge in [-0.3, -0.25) is 9.78 Å². The van der Waals surface area contributed by atoms with Crippen molar-refractivity contribution in [1.29, 1.82) is 0 Å². The number of anilines is 1. The SMILES string of the molecule is COCCNC(=O)C(C)Nc1ccncc1Cl. The van der Waals surface area contributed by atoms with Crippen LogP contribution in [-0.2, 0) is 9.53 Å². The molecule has 5 nitrogen and oxygen atoms in total. The zero-order chi connectivity index (χ0) is 12.7. The molecule has 0 saturated heterocycles. The molecule has 1 atom stereocenters. The Hall–Kier alpha value is -1.33. The summed E-state index contributed by atoms with van der Waals surface area (Å²) in [5.41, 5.74) is 0.691. The lowest BCUT2D eigenvalue weighted by Crippen LogP contribution is -2.39. The normalized spacial score (nSPS) is 11.9. The van der Waals surface area contributed by atoms with Gasteiger partial charge in [-0.15, -0.1) is 0 Å². The molecule has 0 saturated carbocycles. The second-order valence-electron chi connectivity index (χ2n) is 3.51. The van der Waals surface area contributed by atoms with Gasteiger partial charge in [0.1, 0.15) is 6.04 Å². The molecule has 17 heavy (non-hydrogen) atoms. The predicted molar refractivity (Wildman–Crippen MR) is 67.2 cm³/mol. The van der Waals surface area contributed by atoms with Gasteiger partial charge in [0, 0.05) is 26.0 Å². The van der Waals surface area contributed by atoms with E-state index in [4.69, 9.17) is 16.3 Å². The van der Waals surface area contributed by atoms with Gasteiger partial charge in [0.25, 0.3) is 0 Å². The van der Waals surface area contributed by atoms with Crippen LogP contribution in [-0.4, -0.2) is 37.2 Å². The van der Waals surface area contributed by atoms with E-state index in [2.05, 4.69) is 15.6 Å². The summed E-state index contributed by atoms with van der Waals surface area (Å²) in [4.78, 5) is 15.5. The van der Waals surface area contributed by atoms with E-state index in [1.54, 1.807) is 26.3 Å². The van der Waals surface area contributed by atoms with Crippen LogP contribution in [0.4, 0.5) is 5.69 Å². The fourth-order valence-electron chi connectivity index (χ4n) is 1.22. The molecule has 0 bridgehead atoms. The monoisotopic (exact) mass is 257 g/mol. The summed E-state index contributed by atoms with van der Waals surface area (Å²) in [6.45, 7) is 2.75. The number of pyridine rings is 1. The van der Waals surface area contributed by atoms with Crippen LogP contribution in [0.2, 0.25) is 5.02 Å². The minimum absolute atomic E-state index is 0.102. The number of carbonyl (C=O) groups is 1. The maximum atomic E-state index is 11.6. The van der Waals surface area contributed by atoms with E-state index in [1.807, 2.05) is 0 Å². The molecule has 0 aliphatic rings. The lowest BCUT2D eigenvalue weighted by molar-refractivity contribution is -0.121. The highest BCUT2D eigenvalue weighted by Gasteiger charge is 2.12. The molecular formula is C11H16ClN3O2. The zero-order valence-corrected chi connectivity index (χ0v) is 10.6. The first-order valence-corrected chi connectivity index (χ1v) is 5.65. The number of nitrogens with zero attached hydrogens (tertiary/aromatic N) is 1. The third-order valence-electron chi connectivity index (χ3n) is 2.14. The van der Waals surface area contributed by atoms with Crippen molar-refractivity contribution in [3.05, 3.63) is 23.5 Å². The standard InChI is InChI=1S/C11H16ClN3O2/c1-8(11(16)14-5-6-17-2)15-10-3-4-13-7-9(10)12/h3-4,7-8H,5-6H2,1-2H3,(H,13,15)(H,14,16). The molecular weight excluding hydrogens is 242 g/mol.